The first-order valence-corrected chi connectivity index (χ1v) is 6.78. The van der Waals surface area contributed by atoms with Gasteiger partial charge in [0.2, 0.25) is 0 Å². The SMILES string of the molecule is CC(C)(C)C(=O)CS(=O)c1ccc(F)c(Cl)c1. The number of benzene rings is 1. The van der Waals surface area contributed by atoms with E-state index in [0.717, 1.165) is 6.07 Å². The molecule has 5 heteroatoms. The van der Waals surface area contributed by atoms with Crippen LogP contribution in [0.5, 0.6) is 0 Å². The molecule has 0 saturated carbocycles. The van der Waals surface area contributed by atoms with Crippen LogP contribution in [0.3, 0.4) is 0 Å². The summed E-state index contributed by atoms with van der Waals surface area (Å²) in [6, 6.07) is 3.83. The average Bonchev–Trinajstić information content (AvgIpc) is 2.20. The lowest BCUT2D eigenvalue weighted by Gasteiger charge is -2.15. The fraction of sp³-hybridized carbons (Fsp3) is 0.417. The Kier molecular flexibility index (Phi) is 4.44. The first-order chi connectivity index (χ1) is 7.71. The number of Topliss-reactive ketones (excluding diaryl/α,β-unsaturated/α-hetero) is 1. The van der Waals surface area contributed by atoms with Gasteiger partial charge in [-0.05, 0) is 18.2 Å². The average molecular weight is 277 g/mol. The zero-order valence-electron chi connectivity index (χ0n) is 9.92. The van der Waals surface area contributed by atoms with E-state index in [1.807, 2.05) is 0 Å². The predicted octanol–water partition coefficient (Wildman–Crippen LogP) is 3.20. The maximum Gasteiger partial charge on any atom is 0.151 e. The Morgan fingerprint density at radius 1 is 1.41 bits per heavy atom. The Labute approximate surface area is 108 Å². The summed E-state index contributed by atoms with van der Waals surface area (Å²) in [5.74, 6) is -0.739. The van der Waals surface area contributed by atoms with E-state index < -0.39 is 22.0 Å². The summed E-state index contributed by atoms with van der Waals surface area (Å²) < 4.78 is 24.8. The molecule has 0 heterocycles. The van der Waals surface area contributed by atoms with Gasteiger partial charge >= 0.3 is 0 Å². The summed E-state index contributed by atoms with van der Waals surface area (Å²) in [5, 5.41) is -0.0842. The minimum Gasteiger partial charge on any atom is -0.298 e. The van der Waals surface area contributed by atoms with Crippen molar-refractivity contribution in [1.82, 2.24) is 0 Å². The van der Waals surface area contributed by atoms with Crippen LogP contribution in [0.4, 0.5) is 4.39 Å². The summed E-state index contributed by atoms with van der Waals surface area (Å²) >= 11 is 5.59. The van der Waals surface area contributed by atoms with Crippen molar-refractivity contribution in [3.63, 3.8) is 0 Å². The van der Waals surface area contributed by atoms with E-state index in [9.17, 15) is 13.4 Å². The van der Waals surface area contributed by atoms with Gasteiger partial charge in [0, 0.05) is 10.3 Å². The zero-order valence-corrected chi connectivity index (χ0v) is 11.5. The van der Waals surface area contributed by atoms with E-state index in [-0.39, 0.29) is 16.6 Å². The molecule has 2 nitrogen and oxygen atoms in total. The van der Waals surface area contributed by atoms with Crippen molar-refractivity contribution < 1.29 is 13.4 Å². The van der Waals surface area contributed by atoms with Crippen LogP contribution in [-0.4, -0.2) is 15.7 Å². The lowest BCUT2D eigenvalue weighted by atomic mass is 9.92. The van der Waals surface area contributed by atoms with Crippen molar-refractivity contribution in [2.24, 2.45) is 5.41 Å². The van der Waals surface area contributed by atoms with Crippen LogP contribution in [0.15, 0.2) is 23.1 Å². The third-order valence-corrected chi connectivity index (χ3v) is 3.85. The van der Waals surface area contributed by atoms with Gasteiger partial charge in [-0.3, -0.25) is 9.00 Å². The third kappa shape index (κ3) is 3.89. The van der Waals surface area contributed by atoms with Gasteiger partial charge in [0.1, 0.15) is 5.82 Å². The summed E-state index contributed by atoms with van der Waals surface area (Å²) in [4.78, 5) is 12.1. The molecule has 0 aliphatic heterocycles. The van der Waals surface area contributed by atoms with E-state index in [1.54, 1.807) is 20.8 Å². The highest BCUT2D eigenvalue weighted by molar-refractivity contribution is 7.85. The molecule has 0 spiro atoms. The Morgan fingerprint density at radius 2 is 2.00 bits per heavy atom. The number of rotatable bonds is 3. The van der Waals surface area contributed by atoms with Crippen LogP contribution < -0.4 is 0 Å². The molecule has 0 radical (unpaired) electrons. The third-order valence-electron chi connectivity index (χ3n) is 2.25. The maximum atomic E-state index is 12.9. The van der Waals surface area contributed by atoms with Crippen molar-refractivity contribution in [2.75, 3.05) is 5.75 Å². The maximum absolute atomic E-state index is 12.9. The van der Waals surface area contributed by atoms with Crippen LogP contribution in [0.1, 0.15) is 20.8 Å². The number of ketones is 1. The predicted molar refractivity (Wildman–Crippen MR) is 67.1 cm³/mol. The van der Waals surface area contributed by atoms with Crippen LogP contribution in [0, 0.1) is 11.2 Å². The van der Waals surface area contributed by atoms with Crippen LogP contribution in [0.25, 0.3) is 0 Å². The standard InChI is InChI=1S/C12H14ClFO2S/c1-12(2,3)11(15)7-17(16)8-4-5-10(14)9(13)6-8/h4-6H,7H2,1-3H3. The second-order valence-corrected chi connectivity index (χ2v) is 6.60. The first-order valence-electron chi connectivity index (χ1n) is 5.08. The van der Waals surface area contributed by atoms with E-state index in [2.05, 4.69) is 0 Å². The smallest absolute Gasteiger partial charge is 0.151 e. The summed E-state index contributed by atoms with van der Waals surface area (Å²) in [6.07, 6.45) is 0. The van der Waals surface area contributed by atoms with Gasteiger partial charge in [0.15, 0.2) is 5.78 Å². The minimum absolute atomic E-state index is 0.0779. The molecule has 1 aromatic rings. The fourth-order valence-corrected chi connectivity index (χ4v) is 2.59. The lowest BCUT2D eigenvalue weighted by Crippen LogP contribution is -2.25. The van der Waals surface area contributed by atoms with Crippen molar-refractivity contribution >= 4 is 28.2 Å². The van der Waals surface area contributed by atoms with Crippen molar-refractivity contribution in [1.29, 1.82) is 0 Å². The van der Waals surface area contributed by atoms with Gasteiger partial charge < -0.3 is 0 Å². The molecule has 0 aliphatic carbocycles. The number of hydrogen-bond acceptors (Lipinski definition) is 2. The van der Waals surface area contributed by atoms with Crippen molar-refractivity contribution in [3.8, 4) is 0 Å². The first kappa shape index (κ1) is 14.3. The summed E-state index contributed by atoms with van der Waals surface area (Å²) in [6.45, 7) is 5.30. The van der Waals surface area contributed by atoms with E-state index >= 15 is 0 Å². The largest absolute Gasteiger partial charge is 0.298 e. The van der Waals surface area contributed by atoms with Gasteiger partial charge in [-0.25, -0.2) is 4.39 Å². The monoisotopic (exact) mass is 276 g/mol. The molecule has 0 amide bonds. The van der Waals surface area contributed by atoms with E-state index in [1.165, 1.54) is 12.1 Å². The molecule has 1 unspecified atom stereocenters. The lowest BCUT2D eigenvalue weighted by molar-refractivity contribution is -0.123. The second kappa shape index (κ2) is 5.27. The molecule has 17 heavy (non-hydrogen) atoms. The normalized spacial score (nSPS) is 13.5. The second-order valence-electron chi connectivity index (χ2n) is 4.74. The minimum atomic E-state index is -1.48. The van der Waals surface area contributed by atoms with Gasteiger partial charge in [-0.2, -0.15) is 0 Å². The molecule has 1 aromatic carbocycles. The highest BCUT2D eigenvalue weighted by Gasteiger charge is 2.23. The van der Waals surface area contributed by atoms with Gasteiger partial charge in [0.05, 0.1) is 21.6 Å². The Morgan fingerprint density at radius 3 is 2.47 bits per heavy atom. The number of carbonyl (C=O) groups excluding carboxylic acids is 1. The Bertz CT molecular complexity index is 466. The topological polar surface area (TPSA) is 34.1 Å². The van der Waals surface area contributed by atoms with E-state index in [0.29, 0.717) is 4.90 Å². The highest BCUT2D eigenvalue weighted by Crippen LogP contribution is 2.21. The summed E-state index contributed by atoms with van der Waals surface area (Å²) in [7, 11) is -1.48. The Balaban J connectivity index is 2.84. The highest BCUT2D eigenvalue weighted by atomic mass is 35.5. The molecular formula is C12H14ClFO2S. The summed E-state index contributed by atoms with van der Waals surface area (Å²) in [5.41, 5.74) is -0.528. The molecular weight excluding hydrogens is 263 g/mol. The van der Waals surface area contributed by atoms with Crippen molar-refractivity contribution in [3.05, 3.63) is 29.0 Å². The van der Waals surface area contributed by atoms with E-state index in [4.69, 9.17) is 11.6 Å². The van der Waals surface area contributed by atoms with Crippen LogP contribution >= 0.6 is 11.6 Å². The van der Waals surface area contributed by atoms with Crippen LogP contribution in [-0.2, 0) is 15.6 Å². The molecule has 0 fully saturated rings. The number of hydrogen-bond donors (Lipinski definition) is 0. The molecule has 1 rings (SSSR count). The quantitative estimate of drug-likeness (QED) is 0.850. The number of carbonyl (C=O) groups is 1. The molecule has 0 aromatic heterocycles. The molecule has 0 N–H and O–H groups in total. The molecule has 1 atom stereocenters. The molecule has 0 aliphatic rings. The molecule has 0 bridgehead atoms. The van der Waals surface area contributed by atoms with Gasteiger partial charge in [0.25, 0.3) is 0 Å². The number of halogens is 2. The zero-order chi connectivity index (χ0) is 13.2. The molecule has 0 saturated heterocycles. The fourth-order valence-electron chi connectivity index (χ4n) is 1.04. The van der Waals surface area contributed by atoms with Gasteiger partial charge in [-0.1, -0.05) is 32.4 Å². The van der Waals surface area contributed by atoms with Crippen LogP contribution in [0.2, 0.25) is 5.02 Å². The van der Waals surface area contributed by atoms with Gasteiger partial charge in [-0.15, -0.1) is 0 Å². The molecule has 94 valence electrons. The van der Waals surface area contributed by atoms with Crippen molar-refractivity contribution in [2.45, 2.75) is 25.7 Å². The Hall–Kier alpha value is -0.740.